The molecule has 0 radical (unpaired) electrons. The summed E-state index contributed by atoms with van der Waals surface area (Å²) in [5.74, 6) is -0.710. The Labute approximate surface area is 141 Å². The van der Waals surface area contributed by atoms with Gasteiger partial charge in [-0.1, -0.05) is 23.7 Å². The standard InChI is InChI=1S/C13H9ClN4O3S2/c1-23(20,21)13-17-12(22-18-13)16-11(19)9(7-15)6-8-2-4-10(14)5-3-8/h2-6H,1H3,(H,16,17,18,19)/b9-6-. The van der Waals surface area contributed by atoms with Crippen LogP contribution < -0.4 is 5.32 Å². The average molecular weight is 369 g/mol. The van der Waals surface area contributed by atoms with Gasteiger partial charge in [-0.3, -0.25) is 10.1 Å². The Balaban J connectivity index is 2.19. The Bertz CT molecular complexity index is 911. The Morgan fingerprint density at radius 1 is 1.39 bits per heavy atom. The second kappa shape index (κ2) is 6.87. The van der Waals surface area contributed by atoms with Crippen molar-refractivity contribution in [2.45, 2.75) is 5.16 Å². The molecule has 2 rings (SSSR count). The Morgan fingerprint density at radius 3 is 2.57 bits per heavy atom. The molecule has 1 aromatic heterocycles. The molecule has 1 heterocycles. The molecular formula is C13H9ClN4O3S2. The first-order valence-corrected chi connectivity index (χ1v) is 9.06. The first-order chi connectivity index (χ1) is 10.8. The molecule has 2 aromatic rings. The summed E-state index contributed by atoms with van der Waals surface area (Å²) in [4.78, 5) is 15.7. The minimum atomic E-state index is -3.55. The number of anilines is 1. The molecule has 1 amide bonds. The van der Waals surface area contributed by atoms with E-state index in [9.17, 15) is 13.2 Å². The van der Waals surface area contributed by atoms with Gasteiger partial charge >= 0.3 is 0 Å². The number of nitriles is 1. The normalized spacial score (nSPS) is 11.8. The predicted molar refractivity (Wildman–Crippen MR) is 86.7 cm³/mol. The lowest BCUT2D eigenvalue weighted by Crippen LogP contribution is -2.13. The van der Waals surface area contributed by atoms with Crippen molar-refractivity contribution in [3.8, 4) is 6.07 Å². The second-order valence-corrected chi connectivity index (χ2v) is 7.43. The summed E-state index contributed by atoms with van der Waals surface area (Å²) in [5.41, 5.74) is 0.457. The highest BCUT2D eigenvalue weighted by Crippen LogP contribution is 2.17. The third-order valence-corrected chi connectivity index (χ3v) is 4.35. The summed E-state index contributed by atoms with van der Waals surface area (Å²) in [7, 11) is -3.55. The summed E-state index contributed by atoms with van der Waals surface area (Å²) in [5, 5.41) is 11.6. The zero-order valence-electron chi connectivity index (χ0n) is 11.6. The van der Waals surface area contributed by atoms with Crippen molar-refractivity contribution in [2.24, 2.45) is 0 Å². The second-order valence-electron chi connectivity index (χ2n) is 4.33. The fourth-order valence-electron chi connectivity index (χ4n) is 1.45. The number of amides is 1. The summed E-state index contributed by atoms with van der Waals surface area (Å²) in [6.07, 6.45) is 2.34. The van der Waals surface area contributed by atoms with Crippen LogP contribution in [0.15, 0.2) is 35.0 Å². The first-order valence-electron chi connectivity index (χ1n) is 6.02. The molecule has 0 saturated carbocycles. The van der Waals surface area contributed by atoms with Gasteiger partial charge in [0, 0.05) is 22.8 Å². The van der Waals surface area contributed by atoms with Crippen LogP contribution in [0.3, 0.4) is 0 Å². The van der Waals surface area contributed by atoms with Crippen molar-refractivity contribution in [3.63, 3.8) is 0 Å². The number of hydrogen-bond acceptors (Lipinski definition) is 7. The van der Waals surface area contributed by atoms with Gasteiger partial charge in [-0.05, 0) is 23.8 Å². The van der Waals surface area contributed by atoms with Gasteiger partial charge in [0.25, 0.3) is 11.1 Å². The van der Waals surface area contributed by atoms with Crippen LogP contribution in [0.5, 0.6) is 0 Å². The number of rotatable bonds is 4. The van der Waals surface area contributed by atoms with Crippen molar-refractivity contribution in [1.29, 1.82) is 5.26 Å². The molecule has 118 valence electrons. The van der Waals surface area contributed by atoms with Gasteiger partial charge in [0.05, 0.1) is 0 Å². The molecule has 23 heavy (non-hydrogen) atoms. The molecule has 1 aromatic carbocycles. The van der Waals surface area contributed by atoms with E-state index in [1.807, 2.05) is 0 Å². The number of hydrogen-bond donors (Lipinski definition) is 1. The number of sulfone groups is 1. The van der Waals surface area contributed by atoms with Crippen molar-refractivity contribution in [3.05, 3.63) is 40.4 Å². The van der Waals surface area contributed by atoms with Gasteiger partial charge in [-0.2, -0.15) is 14.6 Å². The Kier molecular flexibility index (Phi) is 5.10. The maximum Gasteiger partial charge on any atom is 0.268 e. The van der Waals surface area contributed by atoms with E-state index in [2.05, 4.69) is 14.7 Å². The molecule has 10 heteroatoms. The van der Waals surface area contributed by atoms with Gasteiger partial charge in [0.15, 0.2) is 0 Å². The van der Waals surface area contributed by atoms with Crippen molar-refractivity contribution in [1.82, 2.24) is 9.36 Å². The quantitative estimate of drug-likeness (QED) is 0.653. The van der Waals surface area contributed by atoms with Crippen LogP contribution in [0.1, 0.15) is 5.56 Å². The van der Waals surface area contributed by atoms with Crippen LogP contribution in [0.4, 0.5) is 5.13 Å². The molecule has 0 saturated heterocycles. The van der Waals surface area contributed by atoms with Crippen LogP contribution in [0.2, 0.25) is 5.02 Å². The largest absolute Gasteiger partial charge is 0.296 e. The van der Waals surface area contributed by atoms with E-state index in [1.54, 1.807) is 30.3 Å². The number of halogens is 1. The number of nitrogens with one attached hydrogen (secondary N) is 1. The highest BCUT2D eigenvalue weighted by Gasteiger charge is 2.17. The molecule has 0 unspecified atom stereocenters. The van der Waals surface area contributed by atoms with Crippen LogP contribution in [-0.4, -0.2) is 29.9 Å². The van der Waals surface area contributed by atoms with Crippen molar-refractivity contribution < 1.29 is 13.2 Å². The zero-order valence-corrected chi connectivity index (χ0v) is 14.0. The lowest BCUT2D eigenvalue weighted by molar-refractivity contribution is -0.112. The minimum Gasteiger partial charge on any atom is -0.296 e. The molecular weight excluding hydrogens is 360 g/mol. The monoisotopic (exact) mass is 368 g/mol. The van der Waals surface area contributed by atoms with E-state index < -0.39 is 15.7 Å². The third-order valence-electron chi connectivity index (χ3n) is 2.51. The molecule has 0 spiro atoms. The van der Waals surface area contributed by atoms with E-state index in [0.29, 0.717) is 22.1 Å². The predicted octanol–water partition coefficient (Wildman–Crippen LogP) is 2.14. The van der Waals surface area contributed by atoms with E-state index in [1.165, 1.54) is 6.08 Å². The Hall–Kier alpha value is -2.28. The van der Waals surface area contributed by atoms with E-state index in [0.717, 1.165) is 6.26 Å². The van der Waals surface area contributed by atoms with E-state index >= 15 is 0 Å². The number of carbonyl (C=O) groups excluding carboxylic acids is 1. The molecule has 0 fully saturated rings. The Morgan fingerprint density at radius 2 is 2.04 bits per heavy atom. The topological polar surface area (TPSA) is 113 Å². The number of aromatic nitrogens is 2. The van der Waals surface area contributed by atoms with Gasteiger partial charge < -0.3 is 0 Å². The number of nitrogens with zero attached hydrogens (tertiary/aromatic N) is 3. The molecule has 0 aliphatic rings. The smallest absolute Gasteiger partial charge is 0.268 e. The van der Waals surface area contributed by atoms with Crippen molar-refractivity contribution >= 4 is 50.1 Å². The molecule has 0 atom stereocenters. The fourth-order valence-corrected chi connectivity index (χ4v) is 3.02. The lowest BCUT2D eigenvalue weighted by atomic mass is 10.1. The molecule has 1 N–H and O–H groups in total. The average Bonchev–Trinajstić information content (AvgIpc) is 2.95. The summed E-state index contributed by atoms with van der Waals surface area (Å²) in [6, 6.07) is 8.34. The van der Waals surface area contributed by atoms with Gasteiger partial charge in [0.1, 0.15) is 11.6 Å². The van der Waals surface area contributed by atoms with Crippen LogP contribution in [0.25, 0.3) is 6.08 Å². The summed E-state index contributed by atoms with van der Waals surface area (Å²) < 4.78 is 26.2. The molecule has 0 aliphatic carbocycles. The third kappa shape index (κ3) is 4.59. The maximum atomic E-state index is 12.0. The zero-order chi connectivity index (χ0) is 17.0. The van der Waals surface area contributed by atoms with Gasteiger partial charge in [-0.25, -0.2) is 8.42 Å². The highest BCUT2D eigenvalue weighted by molar-refractivity contribution is 7.90. The van der Waals surface area contributed by atoms with E-state index in [-0.39, 0.29) is 15.9 Å². The van der Waals surface area contributed by atoms with Gasteiger partial charge in [-0.15, -0.1) is 0 Å². The molecule has 0 bridgehead atoms. The van der Waals surface area contributed by atoms with E-state index in [4.69, 9.17) is 16.9 Å². The summed E-state index contributed by atoms with van der Waals surface area (Å²) in [6.45, 7) is 0. The summed E-state index contributed by atoms with van der Waals surface area (Å²) >= 11 is 6.48. The SMILES string of the molecule is CS(=O)(=O)c1nsc(NC(=O)/C(C#N)=C\c2ccc(Cl)cc2)n1. The highest BCUT2D eigenvalue weighted by atomic mass is 35.5. The van der Waals surface area contributed by atoms with Crippen LogP contribution >= 0.6 is 23.1 Å². The van der Waals surface area contributed by atoms with Crippen LogP contribution in [0, 0.1) is 11.3 Å². The maximum absolute atomic E-state index is 12.0. The fraction of sp³-hybridized carbons (Fsp3) is 0.0769. The first kappa shape index (κ1) is 17.1. The minimum absolute atomic E-state index is 0.00678. The lowest BCUT2D eigenvalue weighted by Gasteiger charge is -2.00. The molecule has 0 aliphatic heterocycles. The van der Waals surface area contributed by atoms with Crippen LogP contribution in [-0.2, 0) is 14.6 Å². The van der Waals surface area contributed by atoms with Crippen molar-refractivity contribution in [2.75, 3.05) is 11.6 Å². The van der Waals surface area contributed by atoms with Gasteiger partial charge in [0.2, 0.25) is 15.0 Å². The number of benzene rings is 1. The number of carbonyl (C=O) groups is 1. The molecule has 7 nitrogen and oxygen atoms in total.